The van der Waals surface area contributed by atoms with E-state index < -0.39 is 0 Å². The van der Waals surface area contributed by atoms with E-state index in [1.807, 2.05) is 19.1 Å². The van der Waals surface area contributed by atoms with Gasteiger partial charge in [-0.25, -0.2) is 0 Å². The Labute approximate surface area is 74.6 Å². The van der Waals surface area contributed by atoms with Gasteiger partial charge < -0.3 is 4.74 Å². The van der Waals surface area contributed by atoms with E-state index in [4.69, 9.17) is 4.74 Å². The summed E-state index contributed by atoms with van der Waals surface area (Å²) in [7, 11) is 0. The minimum absolute atomic E-state index is 0.0209. The maximum atomic E-state index is 10.6. The molecule has 0 rings (SSSR count). The number of carbonyl (C=O) groups is 1. The third-order valence-electron chi connectivity index (χ3n) is 1.57. The first kappa shape index (κ1) is 11.2. The molecule has 0 unspecified atom stereocenters. The summed E-state index contributed by atoms with van der Waals surface area (Å²) < 4.78 is 5.07. The highest BCUT2D eigenvalue weighted by Crippen LogP contribution is 2.06. The van der Waals surface area contributed by atoms with Crippen LogP contribution in [0.4, 0.5) is 0 Å². The fourth-order valence-corrected chi connectivity index (χ4v) is 1.03. The summed E-state index contributed by atoms with van der Waals surface area (Å²) in [6.07, 6.45) is 6.99. The van der Waals surface area contributed by atoms with Gasteiger partial charge in [-0.05, 0) is 25.8 Å². The molecule has 0 aromatic rings. The average molecular weight is 170 g/mol. The Hall–Kier alpha value is -0.790. The maximum Gasteiger partial charge on any atom is 0.303 e. The van der Waals surface area contributed by atoms with E-state index in [1.54, 1.807) is 0 Å². The average Bonchev–Trinajstić information content (AvgIpc) is 2.00. The van der Waals surface area contributed by atoms with E-state index in [2.05, 4.69) is 6.92 Å². The summed E-state index contributed by atoms with van der Waals surface area (Å²) in [5.41, 5.74) is 0. The van der Waals surface area contributed by atoms with Crippen molar-refractivity contribution < 1.29 is 9.53 Å². The summed E-state index contributed by atoms with van der Waals surface area (Å²) in [6, 6.07) is 0. The molecule has 0 aliphatic heterocycles. The van der Waals surface area contributed by atoms with Crippen LogP contribution in [0.5, 0.6) is 0 Å². The zero-order chi connectivity index (χ0) is 9.40. The Morgan fingerprint density at radius 1 is 1.58 bits per heavy atom. The summed E-state index contributed by atoms with van der Waals surface area (Å²) >= 11 is 0. The zero-order valence-corrected chi connectivity index (χ0v) is 8.17. The van der Waals surface area contributed by atoms with Crippen LogP contribution in [0.15, 0.2) is 12.2 Å². The molecule has 0 heterocycles. The van der Waals surface area contributed by atoms with Gasteiger partial charge in [0.05, 0.1) is 0 Å². The van der Waals surface area contributed by atoms with Crippen molar-refractivity contribution in [2.24, 2.45) is 0 Å². The largest absolute Gasteiger partial charge is 0.458 e. The molecule has 0 aliphatic rings. The number of ether oxygens (including phenoxy) is 1. The minimum Gasteiger partial charge on any atom is -0.458 e. The van der Waals surface area contributed by atoms with Crippen molar-refractivity contribution in [3.63, 3.8) is 0 Å². The smallest absolute Gasteiger partial charge is 0.303 e. The predicted octanol–water partition coefficient (Wildman–Crippen LogP) is 2.68. The Balaban J connectivity index is 3.77. The van der Waals surface area contributed by atoms with E-state index in [0.29, 0.717) is 0 Å². The summed E-state index contributed by atoms with van der Waals surface area (Å²) in [5, 5.41) is 0. The molecular formula is C10H18O2. The molecule has 0 aromatic carbocycles. The Kier molecular flexibility index (Phi) is 6.44. The van der Waals surface area contributed by atoms with Crippen LogP contribution in [-0.4, -0.2) is 12.1 Å². The van der Waals surface area contributed by atoms with Crippen molar-refractivity contribution in [1.29, 1.82) is 0 Å². The second-order valence-corrected chi connectivity index (χ2v) is 2.82. The normalized spacial score (nSPS) is 13.2. The van der Waals surface area contributed by atoms with Gasteiger partial charge in [-0.2, -0.15) is 0 Å². The van der Waals surface area contributed by atoms with E-state index in [-0.39, 0.29) is 12.1 Å². The number of allylic oxidation sites excluding steroid dienone is 1. The van der Waals surface area contributed by atoms with Gasteiger partial charge in [-0.1, -0.05) is 19.4 Å². The fraction of sp³-hybridized carbons (Fsp3) is 0.700. The molecule has 0 saturated carbocycles. The van der Waals surface area contributed by atoms with Gasteiger partial charge in [0.2, 0.25) is 0 Å². The number of unbranched alkanes of at least 4 members (excludes halogenated alkanes) is 1. The molecule has 2 heteroatoms. The molecule has 0 amide bonds. The molecule has 2 nitrogen and oxygen atoms in total. The maximum absolute atomic E-state index is 10.6. The monoisotopic (exact) mass is 170 g/mol. The second-order valence-electron chi connectivity index (χ2n) is 2.82. The van der Waals surface area contributed by atoms with Gasteiger partial charge in [0.1, 0.15) is 6.10 Å². The third kappa shape index (κ3) is 5.96. The van der Waals surface area contributed by atoms with Crippen LogP contribution in [0.25, 0.3) is 0 Å². The van der Waals surface area contributed by atoms with Crippen LogP contribution in [0.1, 0.15) is 40.0 Å². The molecule has 70 valence electrons. The number of esters is 1. The van der Waals surface area contributed by atoms with Crippen LogP contribution >= 0.6 is 0 Å². The van der Waals surface area contributed by atoms with Gasteiger partial charge in [0.25, 0.3) is 0 Å². The number of carbonyl (C=O) groups excluding carboxylic acids is 1. The number of hydrogen-bond donors (Lipinski definition) is 0. The highest BCUT2D eigenvalue weighted by Gasteiger charge is 2.05. The first-order chi connectivity index (χ1) is 5.70. The van der Waals surface area contributed by atoms with Gasteiger partial charge in [-0.15, -0.1) is 0 Å². The third-order valence-corrected chi connectivity index (χ3v) is 1.57. The van der Waals surface area contributed by atoms with Gasteiger partial charge in [0.15, 0.2) is 0 Å². The van der Waals surface area contributed by atoms with E-state index in [0.717, 1.165) is 19.3 Å². The van der Waals surface area contributed by atoms with Gasteiger partial charge >= 0.3 is 5.97 Å². The lowest BCUT2D eigenvalue weighted by Gasteiger charge is -2.11. The van der Waals surface area contributed by atoms with Gasteiger partial charge in [0, 0.05) is 6.92 Å². The number of hydrogen-bond acceptors (Lipinski definition) is 2. The highest BCUT2D eigenvalue weighted by atomic mass is 16.5. The molecule has 0 radical (unpaired) electrons. The molecule has 0 aromatic heterocycles. The van der Waals surface area contributed by atoms with Crippen molar-refractivity contribution in [1.82, 2.24) is 0 Å². The molecule has 12 heavy (non-hydrogen) atoms. The summed E-state index contributed by atoms with van der Waals surface area (Å²) in [6.45, 7) is 5.51. The van der Waals surface area contributed by atoms with Crippen molar-refractivity contribution >= 4 is 5.97 Å². The second kappa shape index (κ2) is 6.89. The van der Waals surface area contributed by atoms with E-state index >= 15 is 0 Å². The zero-order valence-electron chi connectivity index (χ0n) is 8.17. The molecule has 0 fully saturated rings. The molecule has 0 spiro atoms. The van der Waals surface area contributed by atoms with Crippen LogP contribution in [0.2, 0.25) is 0 Å². The fourth-order valence-electron chi connectivity index (χ4n) is 1.03. The lowest BCUT2D eigenvalue weighted by molar-refractivity contribution is -0.144. The van der Waals surface area contributed by atoms with Crippen molar-refractivity contribution in [3.8, 4) is 0 Å². The Morgan fingerprint density at radius 3 is 2.67 bits per heavy atom. The van der Waals surface area contributed by atoms with Crippen LogP contribution in [0, 0.1) is 0 Å². The van der Waals surface area contributed by atoms with Crippen molar-refractivity contribution in [3.05, 3.63) is 12.2 Å². The lowest BCUT2D eigenvalue weighted by atomic mass is 10.1. The van der Waals surface area contributed by atoms with E-state index in [9.17, 15) is 4.79 Å². The minimum atomic E-state index is -0.200. The Morgan fingerprint density at radius 2 is 2.25 bits per heavy atom. The SMILES string of the molecule is C/C=C/[C@H](CCCC)OC(C)=O. The van der Waals surface area contributed by atoms with Crippen molar-refractivity contribution in [2.45, 2.75) is 46.1 Å². The van der Waals surface area contributed by atoms with Crippen LogP contribution in [-0.2, 0) is 9.53 Å². The first-order valence-corrected chi connectivity index (χ1v) is 4.50. The summed E-state index contributed by atoms with van der Waals surface area (Å²) in [4.78, 5) is 10.6. The highest BCUT2D eigenvalue weighted by molar-refractivity contribution is 5.66. The molecule has 0 bridgehead atoms. The number of rotatable bonds is 5. The molecule has 0 aliphatic carbocycles. The molecule has 0 N–H and O–H groups in total. The van der Waals surface area contributed by atoms with Crippen LogP contribution in [0.3, 0.4) is 0 Å². The topological polar surface area (TPSA) is 26.3 Å². The van der Waals surface area contributed by atoms with Gasteiger partial charge in [-0.3, -0.25) is 4.79 Å². The molecular weight excluding hydrogens is 152 g/mol. The first-order valence-electron chi connectivity index (χ1n) is 4.50. The predicted molar refractivity (Wildman–Crippen MR) is 49.9 cm³/mol. The quantitative estimate of drug-likeness (QED) is 0.468. The van der Waals surface area contributed by atoms with E-state index in [1.165, 1.54) is 6.92 Å². The lowest BCUT2D eigenvalue weighted by Crippen LogP contribution is -2.13. The molecule has 1 atom stereocenters. The Bertz CT molecular complexity index is 150. The molecule has 0 saturated heterocycles. The summed E-state index contributed by atoms with van der Waals surface area (Å²) in [5.74, 6) is -0.200. The standard InChI is InChI=1S/C10H18O2/c1-4-6-8-10(7-5-2)12-9(3)11/h5,7,10H,4,6,8H2,1-3H3/b7-5+/t10-/m1/s1. The van der Waals surface area contributed by atoms with Crippen molar-refractivity contribution in [2.75, 3.05) is 0 Å². The van der Waals surface area contributed by atoms with Crippen LogP contribution < -0.4 is 0 Å².